The Kier molecular flexibility index (Phi) is 31.1. The quantitative estimate of drug-likeness (QED) is 0.0205. The molecule has 0 aliphatic heterocycles. The molecule has 0 aliphatic rings. The molecule has 0 amide bonds. The minimum absolute atomic E-state index is 0.129. The molecule has 12 nitrogen and oxygen atoms in total. The van der Waals surface area contributed by atoms with E-state index < -0.39 is 70.6 Å². The van der Waals surface area contributed by atoms with Crippen molar-refractivity contribution in [1.29, 1.82) is 0 Å². The highest BCUT2D eigenvalue weighted by molar-refractivity contribution is 7.47. The number of phosphoric acid groups is 1. The SMILES string of the molecule is CC/C=C\C/C=C\C/C=C\C/C=C\C[C@@H](O)[C@H](O)CCCC(=O)O[C@H](COC(=O)CCCCCCCCC(C)C)COP(=O)(O)OC[C@@H](O)CO. The van der Waals surface area contributed by atoms with E-state index in [0.717, 1.165) is 38.5 Å². The second kappa shape index (κ2) is 32.5. The lowest BCUT2D eigenvalue weighted by molar-refractivity contribution is -0.161. The van der Waals surface area contributed by atoms with Crippen LogP contribution >= 0.6 is 7.82 Å². The molecule has 0 saturated heterocycles. The maximum Gasteiger partial charge on any atom is 0.472 e. The van der Waals surface area contributed by atoms with Crippen LogP contribution in [-0.4, -0.2) is 88.1 Å². The molecule has 0 rings (SSSR count). The Balaban J connectivity index is 4.66. The Morgan fingerprint density at radius 3 is 1.82 bits per heavy atom. The first-order chi connectivity index (χ1) is 24.4. The highest BCUT2D eigenvalue weighted by atomic mass is 31.2. The van der Waals surface area contributed by atoms with E-state index in [0.29, 0.717) is 18.8 Å². The molecule has 296 valence electrons. The number of carbonyl (C=O) groups is 2. The van der Waals surface area contributed by atoms with Crippen molar-refractivity contribution in [1.82, 2.24) is 0 Å². The number of allylic oxidation sites excluding steroid dienone is 7. The molecule has 0 aromatic rings. The number of esters is 2. The van der Waals surface area contributed by atoms with E-state index in [9.17, 15) is 34.4 Å². The molecule has 0 radical (unpaired) electrons. The normalized spacial score (nSPS) is 15.9. The van der Waals surface area contributed by atoms with Gasteiger partial charge < -0.3 is 34.8 Å². The van der Waals surface area contributed by atoms with Crippen LogP contribution in [0.1, 0.15) is 124 Å². The fourth-order valence-electron chi connectivity index (χ4n) is 4.62. The van der Waals surface area contributed by atoms with Crippen molar-refractivity contribution >= 4 is 19.8 Å². The Bertz CT molecular complexity index is 1040. The van der Waals surface area contributed by atoms with Gasteiger partial charge in [-0.1, -0.05) is 108 Å². The standard InChI is InChI=1S/C38H67O12P/c1-4-5-6-7-8-9-10-11-12-13-17-20-24-35(41)36(42)25-22-27-38(44)50-34(31-49-51(45,46)48-29-33(40)28-39)30-47-37(43)26-21-18-15-14-16-19-23-32(2)3/h5-6,8-9,11-12,17,20,32-36,39-42H,4,7,10,13-16,18-19,21-31H2,1-3H3,(H,45,46)/b6-5-,9-8-,12-11-,20-17-/t33-,34+,35+,36+/m0/s1. The van der Waals surface area contributed by atoms with E-state index in [2.05, 4.69) is 55.7 Å². The Morgan fingerprint density at radius 1 is 0.667 bits per heavy atom. The monoisotopic (exact) mass is 746 g/mol. The molecular weight excluding hydrogens is 679 g/mol. The second-order valence-electron chi connectivity index (χ2n) is 13.0. The molecule has 0 aromatic carbocycles. The summed E-state index contributed by atoms with van der Waals surface area (Å²) >= 11 is 0. The lowest BCUT2D eigenvalue weighted by Crippen LogP contribution is -2.30. The van der Waals surface area contributed by atoms with Gasteiger partial charge in [-0.3, -0.25) is 18.6 Å². The first-order valence-electron chi connectivity index (χ1n) is 18.6. The molecule has 0 aliphatic carbocycles. The molecule has 1 unspecified atom stereocenters. The number of unbranched alkanes of at least 4 members (excludes halogenated alkanes) is 5. The number of aliphatic hydroxyl groups is 4. The molecule has 0 aromatic heterocycles. The number of hydrogen-bond acceptors (Lipinski definition) is 11. The van der Waals surface area contributed by atoms with Gasteiger partial charge in [0, 0.05) is 12.8 Å². The molecule has 0 heterocycles. The molecule has 0 fully saturated rings. The smallest absolute Gasteiger partial charge is 0.462 e. The van der Waals surface area contributed by atoms with Gasteiger partial charge in [-0.05, 0) is 57.3 Å². The van der Waals surface area contributed by atoms with E-state index in [1.165, 1.54) is 19.3 Å². The summed E-state index contributed by atoms with van der Waals surface area (Å²) in [5.41, 5.74) is 0. The zero-order valence-corrected chi connectivity index (χ0v) is 32.1. The number of hydrogen-bond donors (Lipinski definition) is 5. The summed E-state index contributed by atoms with van der Waals surface area (Å²) < 4.78 is 32.3. The minimum atomic E-state index is -4.69. The zero-order chi connectivity index (χ0) is 38.2. The highest BCUT2D eigenvalue weighted by Crippen LogP contribution is 2.43. The maximum absolute atomic E-state index is 12.6. The molecule has 51 heavy (non-hydrogen) atoms. The number of rotatable bonds is 33. The third-order valence-corrected chi connectivity index (χ3v) is 8.58. The second-order valence-corrected chi connectivity index (χ2v) is 14.5. The minimum Gasteiger partial charge on any atom is -0.462 e. The first-order valence-corrected chi connectivity index (χ1v) is 20.1. The van der Waals surface area contributed by atoms with Crippen molar-refractivity contribution in [2.75, 3.05) is 26.4 Å². The van der Waals surface area contributed by atoms with E-state index in [1.807, 2.05) is 12.2 Å². The van der Waals surface area contributed by atoms with Crippen LogP contribution in [0.4, 0.5) is 0 Å². The van der Waals surface area contributed by atoms with Crippen molar-refractivity contribution in [3.05, 3.63) is 48.6 Å². The van der Waals surface area contributed by atoms with Crippen LogP contribution in [0, 0.1) is 5.92 Å². The summed E-state index contributed by atoms with van der Waals surface area (Å²) in [6.07, 6.45) is 23.0. The van der Waals surface area contributed by atoms with Crippen molar-refractivity contribution in [3.63, 3.8) is 0 Å². The summed E-state index contributed by atoms with van der Waals surface area (Å²) in [6, 6.07) is 0. The summed E-state index contributed by atoms with van der Waals surface area (Å²) in [5.74, 6) is -0.526. The predicted octanol–water partition coefficient (Wildman–Crippen LogP) is 6.79. The van der Waals surface area contributed by atoms with Gasteiger partial charge in [0.1, 0.15) is 12.7 Å². The Labute approximate surface area is 306 Å². The van der Waals surface area contributed by atoms with Crippen LogP contribution in [0.25, 0.3) is 0 Å². The van der Waals surface area contributed by atoms with Gasteiger partial charge in [0.15, 0.2) is 6.10 Å². The van der Waals surface area contributed by atoms with E-state index in [1.54, 1.807) is 6.08 Å². The van der Waals surface area contributed by atoms with Crippen LogP contribution in [0.15, 0.2) is 48.6 Å². The topological polar surface area (TPSA) is 189 Å². The zero-order valence-electron chi connectivity index (χ0n) is 31.2. The fourth-order valence-corrected chi connectivity index (χ4v) is 5.41. The highest BCUT2D eigenvalue weighted by Gasteiger charge is 2.27. The van der Waals surface area contributed by atoms with Crippen LogP contribution in [0.5, 0.6) is 0 Å². The first kappa shape index (κ1) is 48.9. The number of aliphatic hydroxyl groups excluding tert-OH is 4. The van der Waals surface area contributed by atoms with Gasteiger partial charge in [-0.2, -0.15) is 0 Å². The van der Waals surface area contributed by atoms with Gasteiger partial charge in [0.2, 0.25) is 0 Å². The van der Waals surface area contributed by atoms with E-state index >= 15 is 0 Å². The Hall–Kier alpha value is -2.15. The Morgan fingerprint density at radius 2 is 1.22 bits per heavy atom. The molecular formula is C38H67O12P. The van der Waals surface area contributed by atoms with Crippen molar-refractivity contribution < 1.29 is 58.0 Å². The van der Waals surface area contributed by atoms with Gasteiger partial charge in [-0.25, -0.2) is 4.57 Å². The molecule has 0 bridgehead atoms. The molecule has 5 atom stereocenters. The predicted molar refractivity (Wildman–Crippen MR) is 199 cm³/mol. The van der Waals surface area contributed by atoms with Crippen molar-refractivity contribution in [3.8, 4) is 0 Å². The number of phosphoric ester groups is 1. The van der Waals surface area contributed by atoms with Crippen molar-refractivity contribution in [2.24, 2.45) is 5.92 Å². The molecule has 0 spiro atoms. The van der Waals surface area contributed by atoms with Gasteiger partial charge in [0.05, 0.1) is 32.0 Å². The third-order valence-electron chi connectivity index (χ3n) is 7.63. The molecule has 0 saturated carbocycles. The van der Waals surface area contributed by atoms with Crippen LogP contribution < -0.4 is 0 Å². The summed E-state index contributed by atoms with van der Waals surface area (Å²) in [7, 11) is -4.69. The van der Waals surface area contributed by atoms with Crippen LogP contribution in [0.3, 0.4) is 0 Å². The van der Waals surface area contributed by atoms with E-state index in [4.69, 9.17) is 19.1 Å². The largest absolute Gasteiger partial charge is 0.472 e. The van der Waals surface area contributed by atoms with Gasteiger partial charge >= 0.3 is 19.8 Å². The van der Waals surface area contributed by atoms with Crippen molar-refractivity contribution in [2.45, 2.75) is 148 Å². The average molecular weight is 747 g/mol. The van der Waals surface area contributed by atoms with Crippen LogP contribution in [-0.2, 0) is 32.7 Å². The summed E-state index contributed by atoms with van der Waals surface area (Å²) in [6.45, 7) is 4.09. The lowest BCUT2D eigenvalue weighted by Gasteiger charge is -2.20. The summed E-state index contributed by atoms with van der Waals surface area (Å²) in [5, 5.41) is 38.9. The third kappa shape index (κ3) is 32.2. The molecule has 13 heteroatoms. The van der Waals surface area contributed by atoms with E-state index in [-0.39, 0.29) is 32.1 Å². The van der Waals surface area contributed by atoms with Crippen LogP contribution in [0.2, 0.25) is 0 Å². The van der Waals surface area contributed by atoms with Gasteiger partial charge in [-0.15, -0.1) is 0 Å². The fraction of sp³-hybridized carbons (Fsp3) is 0.737. The summed E-state index contributed by atoms with van der Waals surface area (Å²) in [4.78, 5) is 34.8. The number of carbonyl (C=O) groups excluding carboxylic acids is 2. The maximum atomic E-state index is 12.6. The number of ether oxygens (including phenoxy) is 2. The average Bonchev–Trinajstić information content (AvgIpc) is 3.09. The molecule has 5 N–H and O–H groups in total. The lowest BCUT2D eigenvalue weighted by atomic mass is 10.0. The van der Waals surface area contributed by atoms with Gasteiger partial charge in [0.25, 0.3) is 0 Å².